The maximum Gasteiger partial charge on any atom is 0.119 e. The van der Waals surface area contributed by atoms with Gasteiger partial charge in [-0.25, -0.2) is 0 Å². The first-order chi connectivity index (χ1) is 12.2. The first-order valence-corrected chi connectivity index (χ1v) is 9.35. The molecule has 0 amide bonds. The lowest BCUT2D eigenvalue weighted by Gasteiger charge is -2.41. The molecule has 0 aliphatic carbocycles. The van der Waals surface area contributed by atoms with Gasteiger partial charge >= 0.3 is 0 Å². The summed E-state index contributed by atoms with van der Waals surface area (Å²) in [5.74, 6) is 1.29. The van der Waals surface area contributed by atoms with E-state index in [9.17, 15) is 0 Å². The predicted octanol–water partition coefficient (Wildman–Crippen LogP) is 4.10. The molecule has 1 saturated heterocycles. The van der Waals surface area contributed by atoms with E-state index in [1.54, 1.807) is 7.11 Å². The number of hydrogen-bond acceptors (Lipinski definition) is 3. The predicted molar refractivity (Wildman–Crippen MR) is 104 cm³/mol. The Morgan fingerprint density at radius 2 is 1.96 bits per heavy atom. The third kappa shape index (κ3) is 4.23. The van der Waals surface area contributed by atoms with Crippen LogP contribution in [0.2, 0.25) is 0 Å². The van der Waals surface area contributed by atoms with Crippen LogP contribution in [-0.2, 0) is 6.54 Å². The molecule has 1 heterocycles. The number of likely N-dealkylation sites (tertiary alicyclic amines) is 1. The second kappa shape index (κ2) is 8.50. The van der Waals surface area contributed by atoms with Crippen molar-refractivity contribution in [1.82, 2.24) is 4.90 Å². The van der Waals surface area contributed by atoms with Gasteiger partial charge in [0.1, 0.15) is 5.75 Å². The Labute approximate surface area is 151 Å². The van der Waals surface area contributed by atoms with E-state index >= 15 is 0 Å². The van der Waals surface area contributed by atoms with Crippen molar-refractivity contribution in [3.05, 3.63) is 65.2 Å². The molecule has 3 rings (SSSR count). The molecule has 1 fully saturated rings. The fraction of sp³-hybridized carbons (Fsp3) is 0.455. The van der Waals surface area contributed by atoms with Crippen molar-refractivity contribution in [3.63, 3.8) is 0 Å². The molecule has 0 radical (unpaired) electrons. The van der Waals surface area contributed by atoms with Crippen LogP contribution in [0.15, 0.2) is 48.5 Å². The summed E-state index contributed by atoms with van der Waals surface area (Å²) in [6.45, 7) is 5.02. The van der Waals surface area contributed by atoms with Crippen LogP contribution in [0, 0.1) is 6.92 Å². The van der Waals surface area contributed by atoms with Crippen molar-refractivity contribution in [3.8, 4) is 5.75 Å². The Hall–Kier alpha value is -1.84. The zero-order valence-corrected chi connectivity index (χ0v) is 15.4. The lowest BCUT2D eigenvalue weighted by Crippen LogP contribution is -2.45. The van der Waals surface area contributed by atoms with Crippen LogP contribution in [0.4, 0.5) is 0 Å². The highest BCUT2D eigenvalue weighted by atomic mass is 16.5. The molecule has 0 aromatic heterocycles. The summed E-state index contributed by atoms with van der Waals surface area (Å²) in [5.41, 5.74) is 10.3. The fourth-order valence-electron chi connectivity index (χ4n) is 4.17. The first kappa shape index (κ1) is 18.0. The van der Waals surface area contributed by atoms with Crippen LogP contribution in [0.5, 0.6) is 5.75 Å². The lowest BCUT2D eigenvalue weighted by atomic mass is 9.83. The van der Waals surface area contributed by atoms with Gasteiger partial charge in [-0.05, 0) is 55.1 Å². The van der Waals surface area contributed by atoms with E-state index < -0.39 is 0 Å². The number of hydrogen-bond donors (Lipinski definition) is 1. The highest BCUT2D eigenvalue weighted by Crippen LogP contribution is 2.33. The summed E-state index contributed by atoms with van der Waals surface area (Å²) in [6.07, 6.45) is 3.80. The minimum absolute atomic E-state index is 0.370. The van der Waals surface area contributed by atoms with Crippen molar-refractivity contribution >= 4 is 0 Å². The van der Waals surface area contributed by atoms with Gasteiger partial charge in [-0.2, -0.15) is 0 Å². The monoisotopic (exact) mass is 338 g/mol. The van der Waals surface area contributed by atoms with Crippen LogP contribution < -0.4 is 10.5 Å². The number of methoxy groups -OCH3 is 1. The third-order valence-electron chi connectivity index (χ3n) is 5.49. The van der Waals surface area contributed by atoms with Gasteiger partial charge in [0, 0.05) is 25.0 Å². The fourth-order valence-corrected chi connectivity index (χ4v) is 4.17. The molecule has 2 aromatic carbocycles. The summed E-state index contributed by atoms with van der Waals surface area (Å²) in [5, 5.41) is 0. The minimum Gasteiger partial charge on any atom is -0.497 e. The van der Waals surface area contributed by atoms with Crippen molar-refractivity contribution in [2.75, 3.05) is 20.2 Å². The summed E-state index contributed by atoms with van der Waals surface area (Å²) in [7, 11) is 1.72. The molecule has 2 unspecified atom stereocenters. The first-order valence-electron chi connectivity index (χ1n) is 9.35. The van der Waals surface area contributed by atoms with Crippen LogP contribution in [-0.4, -0.2) is 31.1 Å². The third-order valence-corrected chi connectivity index (χ3v) is 5.49. The highest BCUT2D eigenvalue weighted by molar-refractivity contribution is 5.38. The number of benzene rings is 2. The van der Waals surface area contributed by atoms with Crippen molar-refractivity contribution in [1.29, 1.82) is 0 Å². The Balaban J connectivity index is 1.84. The standard InChI is InChI=1S/C22H30N2O/c1-17-14-19(25-2)11-12-20(17)21(15-23)22-10-6-7-13-24(22)16-18-8-4-3-5-9-18/h3-5,8-9,11-12,14,21-22H,6-7,10,13,15-16,23H2,1-2H3. The number of ether oxygens (including phenoxy) is 1. The second-order valence-corrected chi connectivity index (χ2v) is 7.08. The number of nitrogens with zero attached hydrogens (tertiary/aromatic N) is 1. The van der Waals surface area contributed by atoms with Crippen LogP contribution in [0.3, 0.4) is 0 Å². The Morgan fingerprint density at radius 1 is 1.16 bits per heavy atom. The second-order valence-electron chi connectivity index (χ2n) is 7.08. The van der Waals surface area contributed by atoms with Crippen LogP contribution in [0.25, 0.3) is 0 Å². The molecule has 25 heavy (non-hydrogen) atoms. The number of aryl methyl sites for hydroxylation is 1. The number of rotatable bonds is 6. The molecule has 0 bridgehead atoms. The molecule has 2 atom stereocenters. The van der Waals surface area contributed by atoms with E-state index in [2.05, 4.69) is 60.4 Å². The van der Waals surface area contributed by atoms with Gasteiger partial charge in [0.2, 0.25) is 0 Å². The molecule has 3 nitrogen and oxygen atoms in total. The zero-order valence-electron chi connectivity index (χ0n) is 15.4. The van der Waals surface area contributed by atoms with Gasteiger partial charge in [0.15, 0.2) is 0 Å². The minimum atomic E-state index is 0.370. The Morgan fingerprint density at radius 3 is 2.64 bits per heavy atom. The van der Waals surface area contributed by atoms with Gasteiger partial charge in [-0.3, -0.25) is 4.90 Å². The van der Waals surface area contributed by atoms with E-state index in [0.717, 1.165) is 18.8 Å². The van der Waals surface area contributed by atoms with E-state index in [-0.39, 0.29) is 0 Å². The van der Waals surface area contributed by atoms with Crippen molar-refractivity contribution in [2.45, 2.75) is 44.7 Å². The van der Waals surface area contributed by atoms with Crippen molar-refractivity contribution < 1.29 is 4.74 Å². The average Bonchev–Trinajstić information content (AvgIpc) is 2.65. The molecule has 1 aliphatic rings. The summed E-state index contributed by atoms with van der Waals surface area (Å²) < 4.78 is 5.37. The SMILES string of the molecule is COc1ccc(C(CN)C2CCCCN2Cc2ccccc2)c(C)c1. The maximum atomic E-state index is 6.27. The normalized spacial score (nSPS) is 19.6. The van der Waals surface area contributed by atoms with Crippen LogP contribution >= 0.6 is 0 Å². The molecule has 1 aliphatic heterocycles. The van der Waals surface area contributed by atoms with Gasteiger partial charge in [0.25, 0.3) is 0 Å². The van der Waals surface area contributed by atoms with Gasteiger partial charge < -0.3 is 10.5 Å². The smallest absolute Gasteiger partial charge is 0.119 e. The molecule has 2 aromatic rings. The number of piperidine rings is 1. The molecule has 134 valence electrons. The van der Waals surface area contributed by atoms with Gasteiger partial charge in [0.05, 0.1) is 7.11 Å². The summed E-state index contributed by atoms with van der Waals surface area (Å²) in [4.78, 5) is 2.64. The Kier molecular flexibility index (Phi) is 6.11. The molecular weight excluding hydrogens is 308 g/mol. The van der Waals surface area contributed by atoms with Gasteiger partial charge in [-0.15, -0.1) is 0 Å². The largest absolute Gasteiger partial charge is 0.497 e. The zero-order chi connectivity index (χ0) is 17.6. The maximum absolute atomic E-state index is 6.27. The summed E-state index contributed by atoms with van der Waals surface area (Å²) >= 11 is 0. The average molecular weight is 338 g/mol. The van der Waals surface area contributed by atoms with Gasteiger partial charge in [-0.1, -0.05) is 42.8 Å². The quantitative estimate of drug-likeness (QED) is 0.862. The highest BCUT2D eigenvalue weighted by Gasteiger charge is 2.31. The molecule has 0 spiro atoms. The number of nitrogens with two attached hydrogens (primary N) is 1. The topological polar surface area (TPSA) is 38.5 Å². The lowest BCUT2D eigenvalue weighted by molar-refractivity contribution is 0.118. The molecular formula is C22H30N2O. The molecule has 3 heteroatoms. The van der Waals surface area contributed by atoms with Crippen LogP contribution in [0.1, 0.15) is 41.9 Å². The molecule has 0 saturated carbocycles. The van der Waals surface area contributed by atoms with E-state index in [1.165, 1.54) is 36.0 Å². The summed E-state index contributed by atoms with van der Waals surface area (Å²) in [6, 6.07) is 17.7. The Bertz CT molecular complexity index is 671. The van der Waals surface area contributed by atoms with E-state index in [4.69, 9.17) is 10.5 Å². The van der Waals surface area contributed by atoms with Crippen molar-refractivity contribution in [2.24, 2.45) is 5.73 Å². The molecule has 2 N–H and O–H groups in total. The van der Waals surface area contributed by atoms with E-state index in [0.29, 0.717) is 18.5 Å². The van der Waals surface area contributed by atoms with E-state index in [1.807, 2.05) is 0 Å².